The number of methoxy groups -OCH3 is 1. The molecule has 3 saturated heterocycles. The summed E-state index contributed by atoms with van der Waals surface area (Å²) < 4.78 is 71.1. The van der Waals surface area contributed by atoms with Crippen molar-refractivity contribution < 1.29 is 89.7 Å². The molecule has 10 N–H and O–H groups in total. The number of esters is 2. The van der Waals surface area contributed by atoms with Gasteiger partial charge in [0.25, 0.3) is 5.91 Å². The van der Waals surface area contributed by atoms with Gasteiger partial charge in [0, 0.05) is 46.0 Å². The Bertz CT molecular complexity index is 2080. The van der Waals surface area contributed by atoms with Crippen LogP contribution in [0.5, 0.6) is 0 Å². The molecule has 0 aromatic heterocycles. The maximum atomic E-state index is 15.4. The zero-order valence-electron chi connectivity index (χ0n) is 41.4. The second-order valence-electron chi connectivity index (χ2n) is 18.9. The van der Waals surface area contributed by atoms with Crippen LogP contribution in [0.4, 0.5) is 4.79 Å². The van der Waals surface area contributed by atoms with E-state index in [-0.39, 0.29) is 44.6 Å². The normalized spacial score (nSPS) is 30.2. The first-order chi connectivity index (χ1) is 34.1. The summed E-state index contributed by atoms with van der Waals surface area (Å²) in [6, 6.07) is -6.12. The van der Waals surface area contributed by atoms with Gasteiger partial charge in [0.1, 0.15) is 55.8 Å². The number of guanidine groups is 1. The summed E-state index contributed by atoms with van der Waals surface area (Å²) in [5.74, 6) is -4.97. The van der Waals surface area contributed by atoms with E-state index in [1.807, 2.05) is 19.9 Å². The monoisotopic (exact) mass is 1050 g/mol. The molecule has 0 radical (unpaired) electrons. The first kappa shape index (κ1) is 58.2. The topological polar surface area (TPSA) is 375 Å². The first-order valence-corrected chi connectivity index (χ1v) is 26.0. The number of piperidine rings is 1. The summed E-state index contributed by atoms with van der Waals surface area (Å²) >= 11 is 0. The number of nitrogens with zero attached hydrogens (tertiary/aromatic N) is 2. The second-order valence-corrected chi connectivity index (χ2v) is 20.0. The van der Waals surface area contributed by atoms with Crippen LogP contribution in [0.15, 0.2) is 11.6 Å². The van der Waals surface area contributed by atoms with E-state index in [4.69, 9.17) is 39.6 Å². The van der Waals surface area contributed by atoms with Crippen LogP contribution in [0.2, 0.25) is 0 Å². The number of unbranched alkanes of at least 4 members (excludes halogenated alkanes) is 4. The maximum Gasteiger partial charge on any atom is 0.408 e. The van der Waals surface area contributed by atoms with E-state index in [1.54, 1.807) is 18.7 Å². The summed E-state index contributed by atoms with van der Waals surface area (Å²) in [4.78, 5) is 85.7. The van der Waals surface area contributed by atoms with Gasteiger partial charge in [-0.05, 0) is 31.6 Å². The fourth-order valence-corrected chi connectivity index (χ4v) is 10.0. The van der Waals surface area contributed by atoms with Crippen molar-refractivity contribution >= 4 is 52.1 Å². The lowest BCUT2D eigenvalue weighted by Gasteiger charge is -2.58. The number of nitrogens with one attached hydrogen (secondary N) is 4. The van der Waals surface area contributed by atoms with Gasteiger partial charge in [0.15, 0.2) is 30.1 Å². The van der Waals surface area contributed by atoms with Gasteiger partial charge >= 0.3 is 28.4 Å². The van der Waals surface area contributed by atoms with Crippen LogP contribution >= 0.6 is 0 Å². The minimum atomic E-state index is -5.03. The SMILES string of the molecule is CCCCCC(=O)OCC1OC(OC2CC3C(O)C4(C2)OC(=O)NC4C(C(=O)NCCC2=CCN(C(=N)N)C2)N3C(=O)[C@H](NC(=O)C(COS(=O)(=O)O)OC)[C@@H](C)CC)C(OC(=O)CCCCC)C(O)C1O. The molecule has 408 valence electrons. The fraction of sp³-hybridized carbons (Fsp3) is 0.800. The zero-order chi connectivity index (χ0) is 53.1. The third kappa shape index (κ3) is 14.3. The molecule has 5 aliphatic rings. The van der Waals surface area contributed by atoms with Crippen molar-refractivity contribution in [1.29, 1.82) is 5.41 Å². The summed E-state index contributed by atoms with van der Waals surface area (Å²) in [5.41, 5.74) is 4.51. The Hall–Kier alpha value is -4.74. The molecule has 4 fully saturated rings. The van der Waals surface area contributed by atoms with Crippen molar-refractivity contribution in [3.05, 3.63) is 11.6 Å². The third-order valence-corrected chi connectivity index (χ3v) is 14.3. The van der Waals surface area contributed by atoms with E-state index >= 15 is 4.79 Å². The van der Waals surface area contributed by atoms with Crippen LogP contribution in [0.1, 0.15) is 105 Å². The molecule has 1 saturated carbocycles. The van der Waals surface area contributed by atoms with Gasteiger partial charge in [0.2, 0.25) is 11.8 Å². The number of ether oxygens (including phenoxy) is 6. The highest BCUT2D eigenvalue weighted by Gasteiger charge is 2.70. The molecule has 0 aromatic rings. The number of carbonyl (C=O) groups excluding carboxylic acids is 6. The molecule has 14 atom stereocenters. The molecular formula is C45H73N7O19S. The summed E-state index contributed by atoms with van der Waals surface area (Å²) in [6.45, 7) is 6.43. The van der Waals surface area contributed by atoms with E-state index in [0.29, 0.717) is 38.8 Å². The number of aliphatic hydroxyl groups excluding tert-OH is 3. The van der Waals surface area contributed by atoms with Crippen LogP contribution in [0, 0.1) is 11.3 Å². The Morgan fingerprint density at radius 3 is 2.33 bits per heavy atom. The number of hydrogen-bond donors (Lipinski definition) is 9. The number of rotatable bonds is 26. The number of alkyl carbamates (subject to hydrolysis) is 1. The summed E-state index contributed by atoms with van der Waals surface area (Å²) in [7, 11) is -3.97. The van der Waals surface area contributed by atoms with Crippen LogP contribution in [0.25, 0.3) is 0 Å². The van der Waals surface area contributed by atoms with E-state index in [2.05, 4.69) is 20.1 Å². The summed E-state index contributed by atoms with van der Waals surface area (Å²) in [5, 5.41) is 50.9. The molecule has 4 amide bonds. The quantitative estimate of drug-likeness (QED) is 0.00956. The Balaban J connectivity index is 1.52. The molecule has 12 unspecified atom stereocenters. The van der Waals surface area contributed by atoms with E-state index < -0.39 is 144 Å². The van der Waals surface area contributed by atoms with Gasteiger partial charge in [-0.3, -0.25) is 33.9 Å². The number of amides is 4. The van der Waals surface area contributed by atoms with Gasteiger partial charge in [-0.25, -0.2) is 8.98 Å². The number of fused-ring (bicyclic) bond motifs is 1. The van der Waals surface area contributed by atoms with Gasteiger partial charge in [-0.2, -0.15) is 8.42 Å². The van der Waals surface area contributed by atoms with Gasteiger partial charge in [-0.1, -0.05) is 71.4 Å². The van der Waals surface area contributed by atoms with Crippen molar-refractivity contribution in [2.24, 2.45) is 11.7 Å². The van der Waals surface area contributed by atoms with Crippen LogP contribution in [-0.4, -0.2) is 199 Å². The van der Waals surface area contributed by atoms with Crippen LogP contribution in [-0.2, 0) is 67.0 Å². The van der Waals surface area contributed by atoms with E-state index in [9.17, 15) is 52.3 Å². The number of nitrogens with two attached hydrogens (primary N) is 1. The molecule has 72 heavy (non-hydrogen) atoms. The standard InChI is InChI=1S/C45H73N7O19S/c1-6-9-11-13-30(53)66-22-28-34(55)35(56)36(70-31(54)14-12-10-7-2)42(69-28)68-26-19-27-38(57)45(20-26)37(50-44(61)71-45)33(40(59)48-17-15-25-16-18-51(21-25)43(46)47)52(27)41(60)32(24(4)8-3)49-39(58)29(65-5)23-67-72(62,63)64/h16,24,26-29,32-38,42,55-57H,6-15,17-23H2,1-5H3,(H3,46,47)(H,48,59)(H,49,58)(H,50,61)(H,62,63,64)/t24-,26?,27?,28?,29?,32+,33?,34?,35?,36?,37?,38?,42?,45?/m0/s1. The molecule has 5 rings (SSSR count). The predicted molar refractivity (Wildman–Crippen MR) is 249 cm³/mol. The Morgan fingerprint density at radius 1 is 1.04 bits per heavy atom. The molecule has 4 aliphatic heterocycles. The average Bonchev–Trinajstić information content (AvgIpc) is 3.94. The van der Waals surface area contributed by atoms with Gasteiger partial charge in [-0.15, -0.1) is 0 Å². The third-order valence-electron chi connectivity index (χ3n) is 13.9. The van der Waals surface area contributed by atoms with E-state index in [0.717, 1.165) is 36.8 Å². The molecule has 1 spiro atoms. The van der Waals surface area contributed by atoms with Gasteiger partial charge in [0.05, 0.1) is 12.1 Å². The smallest absolute Gasteiger partial charge is 0.408 e. The van der Waals surface area contributed by atoms with Crippen molar-refractivity contribution in [3.8, 4) is 0 Å². The molecule has 26 nitrogen and oxygen atoms in total. The van der Waals surface area contributed by atoms with E-state index in [1.165, 1.54) is 0 Å². The largest absolute Gasteiger partial charge is 0.463 e. The van der Waals surface area contributed by atoms with Crippen molar-refractivity contribution in [2.75, 3.05) is 40.0 Å². The van der Waals surface area contributed by atoms with Crippen molar-refractivity contribution in [1.82, 2.24) is 25.8 Å². The minimum Gasteiger partial charge on any atom is -0.463 e. The lowest BCUT2D eigenvalue weighted by molar-refractivity contribution is -0.324. The van der Waals surface area contributed by atoms with Crippen molar-refractivity contribution in [2.45, 2.75) is 184 Å². The molecule has 1 aliphatic carbocycles. The summed E-state index contributed by atoms with van der Waals surface area (Å²) in [6.07, 6.45) is -8.24. The highest BCUT2D eigenvalue weighted by atomic mass is 32.3. The molecule has 2 bridgehead atoms. The Labute approximate surface area is 418 Å². The lowest BCUT2D eigenvalue weighted by atomic mass is 9.66. The molecule has 0 aromatic carbocycles. The molecule has 4 heterocycles. The fourth-order valence-electron chi connectivity index (χ4n) is 9.75. The molecular weight excluding hydrogens is 975 g/mol. The number of carbonyl (C=O) groups is 6. The Kier molecular flexibility index (Phi) is 21.0. The van der Waals surface area contributed by atoms with Crippen molar-refractivity contribution in [3.63, 3.8) is 0 Å². The van der Waals surface area contributed by atoms with Crippen LogP contribution in [0.3, 0.4) is 0 Å². The lowest BCUT2D eigenvalue weighted by Crippen LogP contribution is -2.80. The number of hydrogen-bond acceptors (Lipinski definition) is 19. The average molecular weight is 1050 g/mol. The molecule has 27 heteroatoms. The highest BCUT2D eigenvalue weighted by Crippen LogP contribution is 2.48. The van der Waals surface area contributed by atoms with Crippen LogP contribution < -0.4 is 21.7 Å². The Morgan fingerprint density at radius 2 is 1.72 bits per heavy atom. The zero-order valence-corrected chi connectivity index (χ0v) is 42.2. The number of aliphatic hydroxyl groups is 3. The second kappa shape index (κ2) is 26.0. The predicted octanol–water partition coefficient (Wildman–Crippen LogP) is -0.978. The van der Waals surface area contributed by atoms with Gasteiger partial charge < -0.3 is 75.2 Å². The minimum absolute atomic E-state index is 0.0121. The first-order valence-electron chi connectivity index (χ1n) is 24.6. The maximum absolute atomic E-state index is 15.4. The number of likely N-dealkylation sites (tertiary alicyclic amines) is 1. The highest BCUT2D eigenvalue weighted by molar-refractivity contribution is 7.80.